The van der Waals surface area contributed by atoms with E-state index in [1.807, 2.05) is 6.92 Å². The van der Waals surface area contributed by atoms with Crippen LogP contribution in [0.25, 0.3) is 0 Å². The molecule has 0 radical (unpaired) electrons. The fourth-order valence-electron chi connectivity index (χ4n) is 2.17. The number of nitrogens with zero attached hydrogens (tertiary/aromatic N) is 1. The summed E-state index contributed by atoms with van der Waals surface area (Å²) in [6.45, 7) is 4.85. The molecule has 0 aliphatic heterocycles. The van der Waals surface area contributed by atoms with Gasteiger partial charge in [-0.05, 0) is 38.5 Å². The van der Waals surface area contributed by atoms with Gasteiger partial charge in [-0.15, -0.1) is 0 Å². The van der Waals surface area contributed by atoms with Gasteiger partial charge in [0.15, 0.2) is 5.76 Å². The molecule has 0 spiro atoms. The van der Waals surface area contributed by atoms with Crippen LogP contribution in [-0.2, 0) is 14.8 Å². The van der Waals surface area contributed by atoms with E-state index in [9.17, 15) is 13.2 Å². The maximum atomic E-state index is 12.2. The van der Waals surface area contributed by atoms with Crippen molar-refractivity contribution in [2.24, 2.45) is 0 Å². The highest BCUT2D eigenvalue weighted by molar-refractivity contribution is 7.89. The molecule has 2 rings (SSSR count). The quantitative estimate of drug-likeness (QED) is 0.812. The number of aryl methyl sites for hydroxylation is 3. The summed E-state index contributed by atoms with van der Waals surface area (Å²) in [7, 11) is -3.77. The Hall–Kier alpha value is -1.90. The second kappa shape index (κ2) is 7.33. The molecule has 0 saturated heterocycles. The van der Waals surface area contributed by atoms with Gasteiger partial charge in [0.1, 0.15) is 10.6 Å². The Morgan fingerprint density at radius 1 is 1.29 bits per heavy atom. The lowest BCUT2D eigenvalue weighted by molar-refractivity contribution is -0.116. The van der Waals surface area contributed by atoms with Gasteiger partial charge in [0.2, 0.25) is 15.9 Å². The molecule has 1 aromatic heterocycles. The van der Waals surface area contributed by atoms with Crippen LogP contribution in [0, 0.1) is 20.8 Å². The first kappa shape index (κ1) is 18.4. The number of carbonyl (C=O) groups is 1. The monoisotopic (exact) mass is 371 g/mol. The van der Waals surface area contributed by atoms with Crippen molar-refractivity contribution >= 4 is 33.2 Å². The zero-order chi connectivity index (χ0) is 17.9. The van der Waals surface area contributed by atoms with Gasteiger partial charge >= 0.3 is 0 Å². The van der Waals surface area contributed by atoms with E-state index in [2.05, 4.69) is 15.2 Å². The molecule has 24 heavy (non-hydrogen) atoms. The minimum absolute atomic E-state index is 0.00796. The van der Waals surface area contributed by atoms with E-state index in [4.69, 9.17) is 16.1 Å². The summed E-state index contributed by atoms with van der Waals surface area (Å²) in [5, 5.41) is 6.83. The minimum atomic E-state index is -3.77. The van der Waals surface area contributed by atoms with Crippen molar-refractivity contribution in [1.29, 1.82) is 0 Å². The highest BCUT2D eigenvalue weighted by Crippen LogP contribution is 2.20. The van der Waals surface area contributed by atoms with Crippen LogP contribution in [-0.4, -0.2) is 26.0 Å². The molecule has 2 N–H and O–H groups in total. The number of sulfonamides is 1. The van der Waals surface area contributed by atoms with Gasteiger partial charge < -0.3 is 9.84 Å². The molecule has 7 nitrogen and oxygen atoms in total. The summed E-state index contributed by atoms with van der Waals surface area (Å²) < 4.78 is 31.6. The van der Waals surface area contributed by atoms with Gasteiger partial charge in [0.05, 0.1) is 0 Å². The first-order valence-electron chi connectivity index (χ1n) is 7.19. The summed E-state index contributed by atoms with van der Waals surface area (Å²) in [5.41, 5.74) is 1.74. The van der Waals surface area contributed by atoms with E-state index in [-0.39, 0.29) is 35.2 Å². The average Bonchev–Trinajstić information content (AvgIpc) is 2.82. The molecule has 0 aliphatic carbocycles. The molecule has 2 aromatic rings. The molecular formula is C15H18ClN3O4S. The molecule has 0 atom stereocenters. The van der Waals surface area contributed by atoms with Gasteiger partial charge in [-0.25, -0.2) is 13.1 Å². The van der Waals surface area contributed by atoms with Crippen molar-refractivity contribution in [2.45, 2.75) is 32.1 Å². The van der Waals surface area contributed by atoms with E-state index in [1.54, 1.807) is 25.1 Å². The Labute approximate surface area is 145 Å². The van der Waals surface area contributed by atoms with Crippen LogP contribution in [0.3, 0.4) is 0 Å². The Balaban J connectivity index is 1.94. The van der Waals surface area contributed by atoms with Crippen LogP contribution >= 0.6 is 11.6 Å². The predicted molar refractivity (Wildman–Crippen MR) is 90.6 cm³/mol. The maximum absolute atomic E-state index is 12.2. The van der Waals surface area contributed by atoms with Crippen LogP contribution in [0.1, 0.15) is 23.4 Å². The van der Waals surface area contributed by atoms with Crippen molar-refractivity contribution in [1.82, 2.24) is 9.88 Å². The predicted octanol–water partition coefficient (Wildman–Crippen LogP) is 2.56. The fraction of sp³-hybridized carbons (Fsp3) is 0.333. The Morgan fingerprint density at radius 2 is 2.00 bits per heavy atom. The molecule has 1 aromatic carbocycles. The SMILES string of the molecule is Cc1ccc(Cl)cc1NC(=O)CCNS(=O)(=O)c1c(C)noc1C. The lowest BCUT2D eigenvalue weighted by atomic mass is 10.2. The zero-order valence-corrected chi connectivity index (χ0v) is 15.1. The smallest absolute Gasteiger partial charge is 0.245 e. The highest BCUT2D eigenvalue weighted by Gasteiger charge is 2.23. The molecule has 0 aliphatic rings. The lowest BCUT2D eigenvalue weighted by Gasteiger charge is -2.09. The Bertz CT molecular complexity index is 842. The molecule has 1 heterocycles. The van der Waals surface area contributed by atoms with E-state index in [0.29, 0.717) is 10.7 Å². The van der Waals surface area contributed by atoms with Gasteiger partial charge in [-0.3, -0.25) is 4.79 Å². The van der Waals surface area contributed by atoms with Crippen molar-refractivity contribution in [3.05, 3.63) is 40.2 Å². The molecule has 1 amide bonds. The van der Waals surface area contributed by atoms with Gasteiger partial charge in [-0.2, -0.15) is 0 Å². The lowest BCUT2D eigenvalue weighted by Crippen LogP contribution is -2.28. The van der Waals surface area contributed by atoms with Crippen molar-refractivity contribution in [3.8, 4) is 0 Å². The van der Waals surface area contributed by atoms with Gasteiger partial charge in [0.25, 0.3) is 0 Å². The van der Waals surface area contributed by atoms with Crippen molar-refractivity contribution < 1.29 is 17.7 Å². The number of rotatable bonds is 6. The van der Waals surface area contributed by atoms with Gasteiger partial charge in [-0.1, -0.05) is 22.8 Å². The molecule has 0 unspecified atom stereocenters. The maximum Gasteiger partial charge on any atom is 0.245 e. The Morgan fingerprint density at radius 3 is 2.62 bits per heavy atom. The summed E-state index contributed by atoms with van der Waals surface area (Å²) in [6, 6.07) is 5.16. The summed E-state index contributed by atoms with van der Waals surface area (Å²) >= 11 is 5.89. The van der Waals surface area contributed by atoms with Crippen LogP contribution in [0.5, 0.6) is 0 Å². The minimum Gasteiger partial charge on any atom is -0.360 e. The number of anilines is 1. The number of hydrogen-bond donors (Lipinski definition) is 2. The van der Waals surface area contributed by atoms with E-state index in [0.717, 1.165) is 5.56 Å². The first-order chi connectivity index (χ1) is 11.2. The molecule has 9 heteroatoms. The standard InChI is InChI=1S/C15H18ClN3O4S/c1-9-4-5-12(16)8-13(9)18-14(20)6-7-17-24(21,22)15-10(2)19-23-11(15)3/h4-5,8,17H,6-7H2,1-3H3,(H,18,20). The normalized spacial score (nSPS) is 11.5. The Kier molecular flexibility index (Phi) is 5.63. The van der Waals surface area contributed by atoms with Crippen LogP contribution < -0.4 is 10.0 Å². The molecule has 0 fully saturated rings. The van der Waals surface area contributed by atoms with Crippen molar-refractivity contribution in [3.63, 3.8) is 0 Å². The third-order valence-corrected chi connectivity index (χ3v) is 5.29. The second-order valence-electron chi connectivity index (χ2n) is 5.31. The third kappa shape index (κ3) is 4.34. The van der Waals surface area contributed by atoms with Gasteiger partial charge in [0, 0.05) is 23.7 Å². The van der Waals surface area contributed by atoms with Crippen LogP contribution in [0.4, 0.5) is 5.69 Å². The summed E-state index contributed by atoms with van der Waals surface area (Å²) in [4.78, 5) is 12.0. The number of aromatic nitrogens is 1. The third-order valence-electron chi connectivity index (χ3n) is 3.35. The first-order valence-corrected chi connectivity index (χ1v) is 9.05. The summed E-state index contributed by atoms with van der Waals surface area (Å²) in [5.74, 6) is -0.110. The molecule has 0 saturated carbocycles. The summed E-state index contributed by atoms with van der Waals surface area (Å²) in [6.07, 6.45) is -0.0193. The highest BCUT2D eigenvalue weighted by atomic mass is 35.5. The topological polar surface area (TPSA) is 101 Å². The number of benzene rings is 1. The number of nitrogens with one attached hydrogen (secondary N) is 2. The second-order valence-corrected chi connectivity index (χ2v) is 7.45. The van der Waals surface area contributed by atoms with E-state index in [1.165, 1.54) is 6.92 Å². The average molecular weight is 372 g/mol. The zero-order valence-electron chi connectivity index (χ0n) is 13.5. The van der Waals surface area contributed by atoms with E-state index < -0.39 is 10.0 Å². The molecular weight excluding hydrogens is 354 g/mol. The number of amides is 1. The largest absolute Gasteiger partial charge is 0.360 e. The number of carbonyl (C=O) groups excluding carboxylic acids is 1. The van der Waals surface area contributed by atoms with E-state index >= 15 is 0 Å². The van der Waals surface area contributed by atoms with Crippen molar-refractivity contribution in [2.75, 3.05) is 11.9 Å². The number of hydrogen-bond acceptors (Lipinski definition) is 5. The molecule has 0 bridgehead atoms. The fourth-order valence-corrected chi connectivity index (χ4v) is 3.70. The molecule has 130 valence electrons. The van der Waals surface area contributed by atoms with Crippen LogP contribution in [0.2, 0.25) is 5.02 Å². The van der Waals surface area contributed by atoms with Crippen LogP contribution in [0.15, 0.2) is 27.6 Å². The number of halogens is 1.